The number of H-pyrrole nitrogens is 1. The number of nitriles is 1. The van der Waals surface area contributed by atoms with Gasteiger partial charge in [-0.25, -0.2) is 0 Å². The number of alkyl halides is 3. The van der Waals surface area contributed by atoms with Crippen molar-refractivity contribution in [2.24, 2.45) is 5.73 Å². The summed E-state index contributed by atoms with van der Waals surface area (Å²) in [5, 5.41) is 8.46. The Hall–Kier alpha value is -2.01. The van der Waals surface area contributed by atoms with E-state index in [0.717, 1.165) is 6.07 Å². The number of nitrogens with two attached hydrogens (primary N) is 1. The summed E-state index contributed by atoms with van der Waals surface area (Å²) in [6.45, 7) is -0.0556. The number of halogens is 3. The normalized spacial score (nSPS) is 11.0. The second kappa shape index (κ2) is 4.88. The molecule has 17 heavy (non-hydrogen) atoms. The monoisotopic (exact) mass is 247 g/mol. The predicted octanol–water partition coefficient (Wildman–Crippen LogP) is 0.798. The number of pyridine rings is 1. The summed E-state index contributed by atoms with van der Waals surface area (Å²) in [7, 11) is 0. The summed E-state index contributed by atoms with van der Waals surface area (Å²) in [5.74, 6) is -0.920. The molecule has 0 fully saturated rings. The number of hydrogen-bond donors (Lipinski definition) is 2. The fraction of sp³-hybridized carbons (Fsp3) is 0.333. The van der Waals surface area contributed by atoms with Crippen molar-refractivity contribution < 1.29 is 17.9 Å². The van der Waals surface area contributed by atoms with Crippen LogP contribution in [0.4, 0.5) is 13.2 Å². The van der Waals surface area contributed by atoms with Crippen molar-refractivity contribution in [3.8, 4) is 11.8 Å². The summed E-state index contributed by atoms with van der Waals surface area (Å²) in [6.07, 6.45) is -5.39. The average molecular weight is 247 g/mol. The molecule has 5 nitrogen and oxygen atoms in total. The standard InChI is InChI=1S/C9H8F3N3O2/c10-9(11,12)17-8-6(1-2-13)15-5(4-14)3-7(8)16/h3H,1,4,14H2,(H,15,16). The number of aromatic nitrogens is 1. The van der Waals surface area contributed by atoms with Gasteiger partial charge in [-0.1, -0.05) is 0 Å². The summed E-state index contributed by atoms with van der Waals surface area (Å²) < 4.78 is 39.7. The molecule has 0 amide bonds. The van der Waals surface area contributed by atoms with E-state index in [-0.39, 0.29) is 17.9 Å². The minimum Gasteiger partial charge on any atom is -0.400 e. The Kier molecular flexibility index (Phi) is 3.75. The Morgan fingerprint density at radius 3 is 2.65 bits per heavy atom. The van der Waals surface area contributed by atoms with Crippen LogP contribution in [-0.4, -0.2) is 11.3 Å². The highest BCUT2D eigenvalue weighted by atomic mass is 19.4. The first-order chi connectivity index (χ1) is 7.87. The molecule has 0 aliphatic carbocycles. The second-order valence-corrected chi connectivity index (χ2v) is 3.05. The van der Waals surface area contributed by atoms with Gasteiger partial charge in [-0.05, 0) is 0 Å². The number of aromatic amines is 1. The van der Waals surface area contributed by atoms with E-state index in [1.54, 1.807) is 6.07 Å². The fourth-order valence-corrected chi connectivity index (χ4v) is 1.20. The van der Waals surface area contributed by atoms with Crippen molar-refractivity contribution in [3.63, 3.8) is 0 Å². The minimum absolute atomic E-state index is 0.0556. The molecule has 0 radical (unpaired) electrons. The van der Waals surface area contributed by atoms with Gasteiger partial charge in [-0.3, -0.25) is 4.79 Å². The van der Waals surface area contributed by atoms with Gasteiger partial charge in [0.05, 0.1) is 18.2 Å². The molecule has 1 rings (SSSR count). The summed E-state index contributed by atoms with van der Waals surface area (Å²) in [4.78, 5) is 13.8. The molecule has 0 aliphatic rings. The third-order valence-corrected chi connectivity index (χ3v) is 1.81. The largest absolute Gasteiger partial charge is 0.573 e. The molecule has 0 atom stereocenters. The van der Waals surface area contributed by atoms with Crippen LogP contribution in [-0.2, 0) is 13.0 Å². The van der Waals surface area contributed by atoms with Gasteiger partial charge in [0.15, 0.2) is 5.75 Å². The molecular formula is C9H8F3N3O2. The van der Waals surface area contributed by atoms with Gasteiger partial charge in [0.2, 0.25) is 5.43 Å². The van der Waals surface area contributed by atoms with Crippen molar-refractivity contribution >= 4 is 0 Å². The molecular weight excluding hydrogens is 239 g/mol. The van der Waals surface area contributed by atoms with Crippen LogP contribution in [0, 0.1) is 11.3 Å². The zero-order valence-electron chi connectivity index (χ0n) is 8.47. The average Bonchev–Trinajstić information content (AvgIpc) is 2.21. The first-order valence-corrected chi connectivity index (χ1v) is 4.45. The molecule has 1 aromatic rings. The fourth-order valence-electron chi connectivity index (χ4n) is 1.20. The van der Waals surface area contributed by atoms with Crippen LogP contribution in [0.25, 0.3) is 0 Å². The maximum atomic E-state index is 12.0. The number of rotatable bonds is 3. The van der Waals surface area contributed by atoms with Gasteiger partial charge < -0.3 is 15.5 Å². The molecule has 1 heterocycles. The molecule has 0 saturated carbocycles. The van der Waals surface area contributed by atoms with Gasteiger partial charge in [-0.15, -0.1) is 13.2 Å². The smallest absolute Gasteiger partial charge is 0.400 e. The van der Waals surface area contributed by atoms with Crippen LogP contribution in [0.15, 0.2) is 10.9 Å². The number of hydrogen-bond acceptors (Lipinski definition) is 4. The topological polar surface area (TPSA) is 91.9 Å². The van der Waals surface area contributed by atoms with E-state index in [1.807, 2.05) is 0 Å². The molecule has 0 unspecified atom stereocenters. The van der Waals surface area contributed by atoms with Crippen LogP contribution >= 0.6 is 0 Å². The molecule has 92 valence electrons. The van der Waals surface area contributed by atoms with Crippen molar-refractivity contribution in [1.82, 2.24) is 4.98 Å². The van der Waals surface area contributed by atoms with E-state index < -0.39 is 24.0 Å². The van der Waals surface area contributed by atoms with Crippen molar-refractivity contribution in [1.29, 1.82) is 5.26 Å². The lowest BCUT2D eigenvalue weighted by Gasteiger charge is -2.12. The molecule has 0 bridgehead atoms. The Bertz CT molecular complexity index is 502. The van der Waals surface area contributed by atoms with Gasteiger partial charge in [-0.2, -0.15) is 5.26 Å². The zero-order chi connectivity index (χ0) is 13.1. The van der Waals surface area contributed by atoms with Gasteiger partial charge in [0, 0.05) is 18.3 Å². The zero-order valence-corrected chi connectivity index (χ0v) is 8.47. The van der Waals surface area contributed by atoms with E-state index in [1.165, 1.54) is 0 Å². The maximum absolute atomic E-state index is 12.0. The Morgan fingerprint density at radius 1 is 1.53 bits per heavy atom. The van der Waals surface area contributed by atoms with Crippen molar-refractivity contribution in [3.05, 3.63) is 27.7 Å². The van der Waals surface area contributed by atoms with Crippen LogP contribution in [0.5, 0.6) is 5.75 Å². The van der Waals surface area contributed by atoms with Crippen molar-refractivity contribution in [2.75, 3.05) is 0 Å². The lowest BCUT2D eigenvalue weighted by atomic mass is 10.2. The Labute approximate surface area is 93.6 Å². The number of ether oxygens (including phenoxy) is 1. The SMILES string of the molecule is N#CCc1[nH]c(CN)cc(=O)c1OC(F)(F)F. The highest BCUT2D eigenvalue weighted by Gasteiger charge is 2.33. The number of nitrogens with zero attached hydrogens (tertiary/aromatic N) is 1. The maximum Gasteiger partial charge on any atom is 0.573 e. The highest BCUT2D eigenvalue weighted by Crippen LogP contribution is 2.22. The highest BCUT2D eigenvalue weighted by molar-refractivity contribution is 5.31. The van der Waals surface area contributed by atoms with Crippen LogP contribution in [0.2, 0.25) is 0 Å². The van der Waals surface area contributed by atoms with Crippen LogP contribution in [0.3, 0.4) is 0 Å². The first kappa shape index (κ1) is 13.1. The Balaban J connectivity index is 3.27. The minimum atomic E-state index is -4.98. The van der Waals surface area contributed by atoms with E-state index in [4.69, 9.17) is 11.0 Å². The summed E-state index contributed by atoms with van der Waals surface area (Å²) in [6, 6.07) is 2.54. The molecule has 0 aromatic carbocycles. The number of nitrogens with one attached hydrogen (secondary N) is 1. The quantitative estimate of drug-likeness (QED) is 0.826. The molecule has 1 aromatic heterocycles. The third-order valence-electron chi connectivity index (χ3n) is 1.81. The van der Waals surface area contributed by atoms with Crippen LogP contribution < -0.4 is 15.9 Å². The van der Waals surface area contributed by atoms with Gasteiger partial charge in [0.25, 0.3) is 0 Å². The second-order valence-electron chi connectivity index (χ2n) is 3.05. The molecule has 0 aliphatic heterocycles. The molecule has 0 saturated heterocycles. The van der Waals surface area contributed by atoms with Crippen LogP contribution in [0.1, 0.15) is 11.4 Å². The summed E-state index contributed by atoms with van der Waals surface area (Å²) >= 11 is 0. The van der Waals surface area contributed by atoms with Crippen molar-refractivity contribution in [2.45, 2.75) is 19.3 Å². The lowest BCUT2D eigenvalue weighted by Crippen LogP contribution is -2.24. The van der Waals surface area contributed by atoms with Gasteiger partial charge >= 0.3 is 6.36 Å². The first-order valence-electron chi connectivity index (χ1n) is 4.45. The molecule has 8 heteroatoms. The predicted molar refractivity (Wildman–Crippen MR) is 51.0 cm³/mol. The lowest BCUT2D eigenvalue weighted by molar-refractivity contribution is -0.275. The molecule has 0 spiro atoms. The molecule has 3 N–H and O–H groups in total. The van der Waals surface area contributed by atoms with E-state index in [2.05, 4.69) is 9.72 Å². The summed E-state index contributed by atoms with van der Waals surface area (Å²) in [5.41, 5.74) is 4.27. The Morgan fingerprint density at radius 2 is 2.18 bits per heavy atom. The van der Waals surface area contributed by atoms with E-state index in [0.29, 0.717) is 0 Å². The third kappa shape index (κ3) is 3.49. The van der Waals surface area contributed by atoms with E-state index >= 15 is 0 Å². The van der Waals surface area contributed by atoms with Gasteiger partial charge in [0.1, 0.15) is 0 Å². The van der Waals surface area contributed by atoms with E-state index in [9.17, 15) is 18.0 Å².